The quantitative estimate of drug-likeness (QED) is 0.753. The van der Waals surface area contributed by atoms with Crippen molar-refractivity contribution >= 4 is 39.1 Å². The van der Waals surface area contributed by atoms with Gasteiger partial charge >= 0.3 is 0 Å². The summed E-state index contributed by atoms with van der Waals surface area (Å²) < 4.78 is 14.8. The number of nitrogens with one attached hydrogen (secondary N) is 1. The molecule has 0 aliphatic carbocycles. The fourth-order valence-corrected chi connectivity index (χ4v) is 3.12. The molecule has 1 nitrogen and oxygen atoms in total. The molecule has 2 aromatic carbocycles. The molecule has 0 saturated heterocycles. The third-order valence-corrected chi connectivity index (χ3v) is 3.99. The Hall–Kier alpha value is -0.610. The highest BCUT2D eigenvalue weighted by Gasteiger charge is 2.14. The molecule has 0 saturated carbocycles. The van der Waals surface area contributed by atoms with Gasteiger partial charge in [-0.25, -0.2) is 4.39 Å². The topological polar surface area (TPSA) is 12.0 Å². The van der Waals surface area contributed by atoms with Gasteiger partial charge in [-0.3, -0.25) is 0 Å². The molecular formula is C15H13BrCl2FN. The molecule has 0 aliphatic heterocycles. The van der Waals surface area contributed by atoms with Crippen LogP contribution in [0.1, 0.15) is 17.2 Å². The molecule has 0 spiro atoms. The third kappa shape index (κ3) is 3.95. The summed E-state index contributed by atoms with van der Waals surface area (Å²) in [6.07, 6.45) is 0.520. The number of benzene rings is 2. The van der Waals surface area contributed by atoms with E-state index in [1.54, 1.807) is 12.1 Å². The standard InChI is InChI=1S/C15H13BrCl2FN/c1-20-15(10-4-11(16)7-13(18)5-10)6-9-2-3-12(17)8-14(9)19/h2-5,7-8,15,20H,6H2,1H3. The average Bonchev–Trinajstić information content (AvgIpc) is 2.36. The van der Waals surface area contributed by atoms with Crippen LogP contribution in [0.5, 0.6) is 0 Å². The van der Waals surface area contributed by atoms with E-state index in [0.29, 0.717) is 22.0 Å². The summed E-state index contributed by atoms with van der Waals surface area (Å²) in [5, 5.41) is 4.23. The first kappa shape index (κ1) is 15.8. The maximum absolute atomic E-state index is 13.9. The average molecular weight is 377 g/mol. The van der Waals surface area contributed by atoms with Gasteiger partial charge in [0.2, 0.25) is 0 Å². The van der Waals surface area contributed by atoms with Crippen LogP contribution in [0.15, 0.2) is 40.9 Å². The second-order valence-corrected chi connectivity index (χ2v) is 6.27. The minimum atomic E-state index is -0.293. The van der Waals surface area contributed by atoms with Gasteiger partial charge in [-0.05, 0) is 54.9 Å². The third-order valence-electron chi connectivity index (χ3n) is 3.07. The zero-order chi connectivity index (χ0) is 14.7. The molecule has 0 bridgehead atoms. The Morgan fingerprint density at radius 1 is 1.15 bits per heavy atom. The van der Waals surface area contributed by atoms with Gasteiger partial charge in [0.05, 0.1) is 0 Å². The lowest BCUT2D eigenvalue weighted by molar-refractivity contribution is 0.554. The first-order chi connectivity index (χ1) is 9.49. The van der Waals surface area contributed by atoms with Crippen LogP contribution >= 0.6 is 39.1 Å². The largest absolute Gasteiger partial charge is 0.313 e. The summed E-state index contributed by atoms with van der Waals surface area (Å²) in [7, 11) is 1.84. The number of hydrogen-bond acceptors (Lipinski definition) is 1. The number of hydrogen-bond donors (Lipinski definition) is 1. The van der Waals surface area contributed by atoms with Gasteiger partial charge in [-0.15, -0.1) is 0 Å². The molecule has 0 radical (unpaired) electrons. The Morgan fingerprint density at radius 2 is 1.90 bits per heavy atom. The van der Waals surface area contributed by atoms with Gasteiger partial charge in [0.25, 0.3) is 0 Å². The van der Waals surface area contributed by atoms with Crippen LogP contribution in [0.4, 0.5) is 4.39 Å². The first-order valence-electron chi connectivity index (χ1n) is 6.07. The van der Waals surface area contributed by atoms with E-state index in [9.17, 15) is 4.39 Å². The Labute approximate surface area is 136 Å². The van der Waals surface area contributed by atoms with Crippen LogP contribution in [0.25, 0.3) is 0 Å². The molecule has 0 aromatic heterocycles. The van der Waals surface area contributed by atoms with E-state index >= 15 is 0 Å². The van der Waals surface area contributed by atoms with Crippen LogP contribution in [0.3, 0.4) is 0 Å². The van der Waals surface area contributed by atoms with Crippen LogP contribution in [0, 0.1) is 5.82 Å². The Bertz CT molecular complexity index is 599. The number of likely N-dealkylation sites (N-methyl/N-ethyl adjacent to an activating group) is 1. The van der Waals surface area contributed by atoms with Gasteiger partial charge in [0.15, 0.2) is 0 Å². The summed E-state index contributed by atoms with van der Waals surface area (Å²) in [5.41, 5.74) is 1.62. The summed E-state index contributed by atoms with van der Waals surface area (Å²) in [4.78, 5) is 0. The van der Waals surface area contributed by atoms with Crippen molar-refractivity contribution in [3.8, 4) is 0 Å². The molecule has 0 aliphatic rings. The molecule has 2 rings (SSSR count). The molecule has 5 heteroatoms. The number of rotatable bonds is 4. The highest BCUT2D eigenvalue weighted by molar-refractivity contribution is 9.10. The highest BCUT2D eigenvalue weighted by atomic mass is 79.9. The van der Waals surface area contributed by atoms with E-state index in [2.05, 4.69) is 21.2 Å². The second kappa shape index (κ2) is 6.90. The smallest absolute Gasteiger partial charge is 0.127 e. The van der Waals surface area contributed by atoms with Crippen molar-refractivity contribution in [1.29, 1.82) is 0 Å². The van der Waals surface area contributed by atoms with Gasteiger partial charge in [0, 0.05) is 20.6 Å². The summed E-state index contributed by atoms with van der Waals surface area (Å²) in [5.74, 6) is -0.293. The molecule has 1 unspecified atom stereocenters. The summed E-state index contributed by atoms with van der Waals surface area (Å²) >= 11 is 15.2. The predicted molar refractivity (Wildman–Crippen MR) is 86.1 cm³/mol. The Balaban J connectivity index is 2.28. The van der Waals surface area contributed by atoms with Crippen molar-refractivity contribution in [2.75, 3.05) is 7.05 Å². The molecular weight excluding hydrogens is 364 g/mol. The predicted octanol–water partition coefficient (Wildman–Crippen LogP) is 5.40. The molecule has 1 N–H and O–H groups in total. The maximum atomic E-state index is 13.9. The van der Waals surface area contributed by atoms with E-state index in [0.717, 1.165) is 10.0 Å². The van der Waals surface area contributed by atoms with Gasteiger partial charge in [-0.1, -0.05) is 45.2 Å². The molecule has 2 aromatic rings. The number of halogens is 4. The lowest BCUT2D eigenvalue weighted by Crippen LogP contribution is -2.19. The minimum Gasteiger partial charge on any atom is -0.313 e. The van der Waals surface area contributed by atoms with E-state index in [4.69, 9.17) is 23.2 Å². The SMILES string of the molecule is CNC(Cc1ccc(Cl)cc1F)c1cc(Cl)cc(Br)c1. The van der Waals surface area contributed by atoms with Crippen molar-refractivity contribution in [2.24, 2.45) is 0 Å². The fourth-order valence-electron chi connectivity index (χ4n) is 2.07. The lowest BCUT2D eigenvalue weighted by atomic mass is 9.99. The summed E-state index contributed by atoms with van der Waals surface area (Å²) in [6.45, 7) is 0. The van der Waals surface area contributed by atoms with E-state index in [1.807, 2.05) is 25.2 Å². The van der Waals surface area contributed by atoms with Crippen molar-refractivity contribution in [1.82, 2.24) is 5.32 Å². The normalized spacial score (nSPS) is 12.4. The van der Waals surface area contributed by atoms with E-state index < -0.39 is 0 Å². The molecule has 0 heterocycles. The molecule has 0 amide bonds. The van der Waals surface area contributed by atoms with Crippen molar-refractivity contribution in [3.05, 3.63) is 67.9 Å². The van der Waals surface area contributed by atoms with E-state index in [-0.39, 0.29) is 11.9 Å². The van der Waals surface area contributed by atoms with Gasteiger partial charge in [0.1, 0.15) is 5.82 Å². The van der Waals surface area contributed by atoms with Crippen LogP contribution in [-0.4, -0.2) is 7.05 Å². The molecule has 106 valence electrons. The molecule has 20 heavy (non-hydrogen) atoms. The van der Waals surface area contributed by atoms with Gasteiger partial charge < -0.3 is 5.32 Å². The van der Waals surface area contributed by atoms with Crippen LogP contribution in [-0.2, 0) is 6.42 Å². The zero-order valence-electron chi connectivity index (χ0n) is 10.8. The van der Waals surface area contributed by atoms with Crippen molar-refractivity contribution in [2.45, 2.75) is 12.5 Å². The second-order valence-electron chi connectivity index (χ2n) is 4.48. The minimum absolute atomic E-state index is 0.0272. The first-order valence-corrected chi connectivity index (χ1v) is 7.61. The molecule has 0 fully saturated rings. The zero-order valence-corrected chi connectivity index (χ0v) is 13.9. The fraction of sp³-hybridized carbons (Fsp3) is 0.200. The Kier molecular flexibility index (Phi) is 5.44. The monoisotopic (exact) mass is 375 g/mol. The van der Waals surface area contributed by atoms with Crippen molar-refractivity contribution in [3.63, 3.8) is 0 Å². The Morgan fingerprint density at radius 3 is 2.50 bits per heavy atom. The van der Waals surface area contributed by atoms with Crippen LogP contribution < -0.4 is 5.32 Å². The highest BCUT2D eigenvalue weighted by Crippen LogP contribution is 2.27. The summed E-state index contributed by atoms with van der Waals surface area (Å²) in [6, 6.07) is 10.4. The van der Waals surface area contributed by atoms with E-state index in [1.165, 1.54) is 6.07 Å². The lowest BCUT2D eigenvalue weighted by Gasteiger charge is -2.18. The van der Waals surface area contributed by atoms with Crippen LogP contribution in [0.2, 0.25) is 10.0 Å². The van der Waals surface area contributed by atoms with Gasteiger partial charge in [-0.2, -0.15) is 0 Å². The maximum Gasteiger partial charge on any atom is 0.127 e. The van der Waals surface area contributed by atoms with Crippen molar-refractivity contribution < 1.29 is 4.39 Å². The molecule has 1 atom stereocenters.